The number of amides is 3. The summed E-state index contributed by atoms with van der Waals surface area (Å²) in [5.41, 5.74) is 6.45. The lowest BCUT2D eigenvalue weighted by atomic mass is 10.2. The number of carbonyl (C=O) groups is 2. The van der Waals surface area contributed by atoms with Gasteiger partial charge in [-0.2, -0.15) is 4.98 Å². The zero-order valence-electron chi connectivity index (χ0n) is 17.9. The third-order valence-electron chi connectivity index (χ3n) is 4.23. The first kappa shape index (κ1) is 22.4. The normalized spacial score (nSPS) is 10.3. The number of urea groups is 1. The maximum atomic E-state index is 11.9. The van der Waals surface area contributed by atoms with Crippen molar-refractivity contribution in [2.75, 3.05) is 34.4 Å². The topological polar surface area (TPSA) is 134 Å². The van der Waals surface area contributed by atoms with Gasteiger partial charge in [0, 0.05) is 19.7 Å². The van der Waals surface area contributed by atoms with Gasteiger partial charge in [0.1, 0.15) is 18.1 Å². The second-order valence-electron chi connectivity index (χ2n) is 6.75. The average Bonchev–Trinajstić information content (AvgIpc) is 3.20. The molecule has 11 heteroatoms. The first-order valence-electron chi connectivity index (χ1n) is 9.64. The van der Waals surface area contributed by atoms with Crippen LogP contribution in [0.2, 0.25) is 0 Å². The summed E-state index contributed by atoms with van der Waals surface area (Å²) in [6.45, 7) is 0.568. The number of hydrogen-bond donors (Lipinski definition) is 2. The van der Waals surface area contributed by atoms with Crippen molar-refractivity contribution in [1.29, 1.82) is 0 Å². The lowest BCUT2D eigenvalue weighted by Gasteiger charge is -2.09. The van der Waals surface area contributed by atoms with Crippen LogP contribution in [0.5, 0.6) is 17.5 Å². The van der Waals surface area contributed by atoms with Gasteiger partial charge < -0.3 is 30.2 Å². The van der Waals surface area contributed by atoms with Crippen LogP contribution in [0.25, 0.3) is 17.1 Å². The lowest BCUT2D eigenvalue weighted by molar-refractivity contribution is 0.168. The van der Waals surface area contributed by atoms with Gasteiger partial charge in [0.05, 0.1) is 19.3 Å². The number of nitrogens with zero attached hydrogens (tertiary/aromatic N) is 4. The van der Waals surface area contributed by atoms with E-state index in [1.54, 1.807) is 62.3 Å². The van der Waals surface area contributed by atoms with Crippen molar-refractivity contribution in [3.8, 4) is 34.6 Å². The Balaban J connectivity index is 1.86. The van der Waals surface area contributed by atoms with Crippen molar-refractivity contribution >= 4 is 12.1 Å². The maximum absolute atomic E-state index is 11.9. The van der Waals surface area contributed by atoms with Crippen LogP contribution >= 0.6 is 0 Å². The van der Waals surface area contributed by atoms with E-state index in [9.17, 15) is 9.59 Å². The molecule has 1 heterocycles. The van der Waals surface area contributed by atoms with Crippen LogP contribution in [0, 0.1) is 0 Å². The first-order valence-corrected chi connectivity index (χ1v) is 9.64. The summed E-state index contributed by atoms with van der Waals surface area (Å²) in [4.78, 5) is 28.3. The van der Waals surface area contributed by atoms with E-state index in [4.69, 9.17) is 19.9 Å². The molecule has 3 amide bonds. The van der Waals surface area contributed by atoms with Crippen molar-refractivity contribution in [2.45, 2.75) is 0 Å². The zero-order valence-corrected chi connectivity index (χ0v) is 17.9. The third kappa shape index (κ3) is 5.65. The fourth-order valence-electron chi connectivity index (χ4n) is 2.64. The number of aromatic nitrogens is 3. The summed E-state index contributed by atoms with van der Waals surface area (Å²) in [5.74, 6) is 1.77. The van der Waals surface area contributed by atoms with E-state index in [0.29, 0.717) is 29.6 Å². The molecule has 0 atom stereocenters. The lowest BCUT2D eigenvalue weighted by Crippen LogP contribution is -2.32. The van der Waals surface area contributed by atoms with E-state index in [0.717, 1.165) is 5.56 Å². The Morgan fingerprint density at radius 2 is 1.72 bits per heavy atom. The molecule has 0 saturated carbocycles. The van der Waals surface area contributed by atoms with Crippen molar-refractivity contribution in [3.05, 3.63) is 48.5 Å². The monoisotopic (exact) mass is 440 g/mol. The van der Waals surface area contributed by atoms with Gasteiger partial charge in [-0.05, 0) is 48.5 Å². The molecule has 168 valence electrons. The summed E-state index contributed by atoms with van der Waals surface area (Å²) in [6, 6.07) is 13.7. The van der Waals surface area contributed by atoms with Crippen LogP contribution in [0.4, 0.5) is 9.59 Å². The Morgan fingerprint density at radius 1 is 1.06 bits per heavy atom. The Labute approximate surface area is 184 Å². The summed E-state index contributed by atoms with van der Waals surface area (Å²) >= 11 is 0. The fraction of sp³-hybridized carbons (Fsp3) is 0.238. The van der Waals surface area contributed by atoms with Gasteiger partial charge in [-0.1, -0.05) is 0 Å². The fourth-order valence-corrected chi connectivity index (χ4v) is 2.64. The molecule has 3 rings (SSSR count). The predicted molar refractivity (Wildman–Crippen MR) is 116 cm³/mol. The number of rotatable bonds is 8. The second kappa shape index (κ2) is 10.2. The smallest absolute Gasteiger partial charge is 0.417 e. The molecule has 0 aliphatic carbocycles. The van der Waals surface area contributed by atoms with Crippen molar-refractivity contribution < 1.29 is 23.8 Å². The highest BCUT2D eigenvalue weighted by Crippen LogP contribution is 2.26. The number of nitrogens with one attached hydrogen (secondary N) is 1. The van der Waals surface area contributed by atoms with Gasteiger partial charge in [0.2, 0.25) is 0 Å². The molecular weight excluding hydrogens is 416 g/mol. The minimum Gasteiger partial charge on any atom is -0.497 e. The van der Waals surface area contributed by atoms with Gasteiger partial charge >= 0.3 is 18.1 Å². The highest BCUT2D eigenvalue weighted by atomic mass is 16.6. The number of carbonyl (C=O) groups excluding carboxylic acids is 2. The quantitative estimate of drug-likeness (QED) is 0.512. The molecule has 0 spiro atoms. The molecule has 0 aliphatic rings. The Hall–Kier alpha value is -4.28. The highest BCUT2D eigenvalue weighted by molar-refractivity contribution is 5.71. The van der Waals surface area contributed by atoms with E-state index in [1.807, 2.05) is 12.1 Å². The molecule has 1 aromatic heterocycles. The minimum absolute atomic E-state index is 0.0765. The van der Waals surface area contributed by atoms with Crippen LogP contribution in [0.1, 0.15) is 0 Å². The van der Waals surface area contributed by atoms with Crippen molar-refractivity contribution in [3.63, 3.8) is 0 Å². The molecule has 0 fully saturated rings. The van der Waals surface area contributed by atoms with Crippen LogP contribution < -0.4 is 25.3 Å². The Kier molecular flexibility index (Phi) is 7.11. The zero-order chi connectivity index (χ0) is 23.1. The summed E-state index contributed by atoms with van der Waals surface area (Å²) in [5, 5.41) is 6.80. The highest BCUT2D eigenvalue weighted by Gasteiger charge is 2.18. The van der Waals surface area contributed by atoms with Gasteiger partial charge in [0.25, 0.3) is 0 Å². The SMILES string of the molecule is COc1ccc(-n2nc(OC(=O)N(C)C)nc2-c2ccc(OCCNC(N)=O)cc2)cc1. The molecule has 0 radical (unpaired) electrons. The van der Waals surface area contributed by atoms with E-state index >= 15 is 0 Å². The molecule has 0 saturated heterocycles. The first-order chi connectivity index (χ1) is 15.4. The van der Waals surface area contributed by atoms with Crippen LogP contribution in [0.15, 0.2) is 48.5 Å². The molecule has 0 aliphatic heterocycles. The number of benzene rings is 2. The molecule has 11 nitrogen and oxygen atoms in total. The third-order valence-corrected chi connectivity index (χ3v) is 4.23. The average molecular weight is 440 g/mol. The Bertz CT molecular complexity index is 1060. The van der Waals surface area contributed by atoms with Crippen LogP contribution in [0.3, 0.4) is 0 Å². The number of methoxy groups -OCH3 is 1. The molecule has 32 heavy (non-hydrogen) atoms. The number of hydrogen-bond acceptors (Lipinski definition) is 7. The minimum atomic E-state index is -0.604. The van der Waals surface area contributed by atoms with Gasteiger partial charge in [-0.25, -0.2) is 14.3 Å². The number of primary amides is 1. The molecule has 0 unspecified atom stereocenters. The van der Waals surface area contributed by atoms with E-state index in [-0.39, 0.29) is 12.6 Å². The molecule has 2 aromatic carbocycles. The molecule has 0 bridgehead atoms. The predicted octanol–water partition coefficient (Wildman–Crippen LogP) is 2.05. The van der Waals surface area contributed by atoms with E-state index in [2.05, 4.69) is 15.4 Å². The van der Waals surface area contributed by atoms with Gasteiger partial charge in [-0.3, -0.25) is 0 Å². The van der Waals surface area contributed by atoms with Crippen molar-refractivity contribution in [2.24, 2.45) is 5.73 Å². The molecular formula is C21H24N6O5. The van der Waals surface area contributed by atoms with Gasteiger partial charge in [0.15, 0.2) is 5.82 Å². The molecule has 3 aromatic rings. The summed E-state index contributed by atoms with van der Waals surface area (Å²) in [6.07, 6.45) is -0.586. The van der Waals surface area contributed by atoms with E-state index < -0.39 is 12.1 Å². The Morgan fingerprint density at radius 3 is 2.31 bits per heavy atom. The number of ether oxygens (including phenoxy) is 3. The number of nitrogens with two attached hydrogens (primary N) is 1. The van der Waals surface area contributed by atoms with Crippen LogP contribution in [-0.4, -0.2) is 66.1 Å². The standard InChI is InChI=1S/C21H24N6O5/c1-26(2)21(29)32-20-24-18(27(25-20)15-6-10-16(30-3)11-7-15)14-4-8-17(9-5-14)31-13-12-23-19(22)28/h4-11H,12-13H2,1-3H3,(H3,22,23,28). The second-order valence-corrected chi connectivity index (χ2v) is 6.75. The largest absolute Gasteiger partial charge is 0.497 e. The van der Waals surface area contributed by atoms with Gasteiger partial charge in [-0.15, -0.1) is 5.10 Å². The van der Waals surface area contributed by atoms with Crippen molar-refractivity contribution in [1.82, 2.24) is 25.0 Å². The molecule has 3 N–H and O–H groups in total. The maximum Gasteiger partial charge on any atom is 0.417 e. The van der Waals surface area contributed by atoms with Crippen LogP contribution in [-0.2, 0) is 0 Å². The summed E-state index contributed by atoms with van der Waals surface area (Å²) in [7, 11) is 4.73. The van der Waals surface area contributed by atoms with E-state index in [1.165, 1.54) is 4.90 Å². The summed E-state index contributed by atoms with van der Waals surface area (Å²) < 4.78 is 17.6.